The van der Waals surface area contributed by atoms with E-state index in [2.05, 4.69) is 33.5 Å². The zero-order valence-electron chi connectivity index (χ0n) is 22.1. The molecule has 2 heterocycles. The smallest absolute Gasteiger partial charge is 0.255 e. The van der Waals surface area contributed by atoms with Crippen molar-refractivity contribution in [2.75, 3.05) is 16.4 Å². The lowest BCUT2D eigenvalue weighted by atomic mass is 9.95. The highest BCUT2D eigenvalue weighted by Crippen LogP contribution is 2.37. The Bertz CT molecular complexity index is 1480. The van der Waals surface area contributed by atoms with Crippen molar-refractivity contribution in [3.05, 3.63) is 105 Å². The molecule has 0 spiro atoms. The molecule has 1 aliphatic rings. The summed E-state index contributed by atoms with van der Waals surface area (Å²) in [5, 5.41) is 11.8. The molecule has 1 aliphatic heterocycles. The monoisotopic (exact) mass is 603 g/mol. The third kappa shape index (κ3) is 6.37. The van der Waals surface area contributed by atoms with Crippen LogP contribution in [0.4, 0.5) is 11.6 Å². The number of hydrogen-bond donors (Lipinski definition) is 2. The number of hydrogen-bond acceptors (Lipinski definition) is 6. The molecule has 3 aromatic carbocycles. The average molecular weight is 605 g/mol. The van der Waals surface area contributed by atoms with Gasteiger partial charge >= 0.3 is 0 Å². The molecule has 4 aromatic rings. The van der Waals surface area contributed by atoms with Crippen LogP contribution in [0.5, 0.6) is 5.75 Å². The summed E-state index contributed by atoms with van der Waals surface area (Å²) in [6.45, 7) is 6.52. The molecule has 0 aliphatic carbocycles. The van der Waals surface area contributed by atoms with Crippen LogP contribution >= 0.6 is 27.7 Å². The van der Waals surface area contributed by atoms with Gasteiger partial charge in [0, 0.05) is 21.6 Å². The van der Waals surface area contributed by atoms with E-state index in [1.807, 2.05) is 91.3 Å². The van der Waals surface area contributed by atoms with Gasteiger partial charge in [-0.15, -0.1) is 5.10 Å². The van der Waals surface area contributed by atoms with Crippen LogP contribution in [-0.4, -0.2) is 26.4 Å². The Balaban J connectivity index is 1.44. The molecule has 2 N–H and O–H groups in total. The van der Waals surface area contributed by atoms with Crippen LogP contribution in [0.25, 0.3) is 0 Å². The maximum Gasteiger partial charge on any atom is 0.255 e. The molecule has 0 fully saturated rings. The first kappa shape index (κ1) is 27.0. The Morgan fingerprint density at radius 1 is 1.05 bits per heavy atom. The highest BCUT2D eigenvalue weighted by atomic mass is 79.9. The van der Waals surface area contributed by atoms with Crippen molar-refractivity contribution in [2.45, 2.75) is 45.0 Å². The molecule has 0 bridgehead atoms. The highest BCUT2D eigenvalue weighted by Gasteiger charge is 2.34. The van der Waals surface area contributed by atoms with E-state index in [0.29, 0.717) is 23.3 Å². The predicted molar refractivity (Wildman–Crippen MR) is 160 cm³/mol. The maximum absolute atomic E-state index is 13.7. The Morgan fingerprint density at radius 3 is 2.46 bits per heavy atom. The summed E-state index contributed by atoms with van der Waals surface area (Å²) >= 11 is 5.07. The standard InChI is InChI=1S/C30H30BrN5O2S/c1-4-17-39-30-34-29-32-20(3)26(28(37)33-24-13-5-19(2)6-14-24)27(36(29)35-30)22-9-15-25(16-10-22)38-18-21-7-11-23(31)12-8-21/h5-16,27H,4,17-18H2,1-3H3,(H,33,37)(H,32,34,35). The van der Waals surface area contributed by atoms with Crippen molar-refractivity contribution >= 4 is 45.2 Å². The first-order valence-corrected chi connectivity index (χ1v) is 14.6. The van der Waals surface area contributed by atoms with E-state index in [0.717, 1.165) is 50.5 Å². The Hall–Kier alpha value is -3.56. The van der Waals surface area contributed by atoms with Gasteiger partial charge in [-0.1, -0.05) is 76.6 Å². The van der Waals surface area contributed by atoms with E-state index in [-0.39, 0.29) is 5.91 Å². The number of carbonyl (C=O) groups excluding carboxylic acids is 1. The number of thioether (sulfide) groups is 1. The summed E-state index contributed by atoms with van der Waals surface area (Å²) in [6.07, 6.45) is 1.02. The van der Waals surface area contributed by atoms with Gasteiger partial charge in [0.15, 0.2) is 0 Å². The topological polar surface area (TPSA) is 81.1 Å². The van der Waals surface area contributed by atoms with Crippen molar-refractivity contribution < 1.29 is 9.53 Å². The van der Waals surface area contributed by atoms with Crippen LogP contribution in [0.15, 0.2) is 93.7 Å². The number of nitrogens with one attached hydrogen (secondary N) is 2. The quantitative estimate of drug-likeness (QED) is 0.195. The molecule has 1 aromatic heterocycles. The van der Waals surface area contributed by atoms with Crippen molar-refractivity contribution in [1.82, 2.24) is 14.8 Å². The van der Waals surface area contributed by atoms with E-state index < -0.39 is 6.04 Å². The van der Waals surface area contributed by atoms with Gasteiger partial charge in [0.1, 0.15) is 18.4 Å². The molecule has 1 unspecified atom stereocenters. The van der Waals surface area contributed by atoms with Crippen molar-refractivity contribution in [3.63, 3.8) is 0 Å². The second kappa shape index (κ2) is 12.1. The predicted octanol–water partition coefficient (Wildman–Crippen LogP) is 7.36. The van der Waals surface area contributed by atoms with Crippen LogP contribution < -0.4 is 15.4 Å². The van der Waals surface area contributed by atoms with Crippen molar-refractivity contribution in [3.8, 4) is 5.75 Å². The minimum Gasteiger partial charge on any atom is -0.489 e. The van der Waals surface area contributed by atoms with Gasteiger partial charge in [-0.05, 0) is 67.8 Å². The van der Waals surface area contributed by atoms with Crippen LogP contribution in [0, 0.1) is 6.92 Å². The molecule has 9 heteroatoms. The largest absolute Gasteiger partial charge is 0.489 e. The molecule has 5 rings (SSSR count). The van der Waals surface area contributed by atoms with Crippen LogP contribution in [0.2, 0.25) is 0 Å². The zero-order valence-corrected chi connectivity index (χ0v) is 24.5. The number of anilines is 2. The fraction of sp³-hybridized carbons (Fsp3) is 0.233. The maximum atomic E-state index is 13.7. The van der Waals surface area contributed by atoms with Crippen LogP contribution in [0.3, 0.4) is 0 Å². The lowest BCUT2D eigenvalue weighted by Gasteiger charge is -2.28. The second-order valence-corrected chi connectivity index (χ2v) is 11.4. The van der Waals surface area contributed by atoms with Crippen molar-refractivity contribution in [1.29, 1.82) is 0 Å². The highest BCUT2D eigenvalue weighted by molar-refractivity contribution is 9.10. The van der Waals surface area contributed by atoms with Crippen molar-refractivity contribution in [2.24, 2.45) is 0 Å². The van der Waals surface area contributed by atoms with Gasteiger partial charge in [0.05, 0.1) is 5.57 Å². The zero-order chi connectivity index (χ0) is 27.4. The number of aryl methyl sites for hydroxylation is 1. The van der Waals surface area contributed by atoms with E-state index in [1.165, 1.54) is 0 Å². The Kier molecular flexibility index (Phi) is 8.38. The molecule has 39 heavy (non-hydrogen) atoms. The molecule has 7 nitrogen and oxygen atoms in total. The fourth-order valence-electron chi connectivity index (χ4n) is 4.32. The number of ether oxygens (including phenoxy) is 1. The number of aromatic nitrogens is 3. The van der Waals surface area contributed by atoms with Gasteiger partial charge in [0.25, 0.3) is 5.91 Å². The summed E-state index contributed by atoms with van der Waals surface area (Å²) in [5.41, 5.74) is 5.20. The minimum atomic E-state index is -0.448. The second-order valence-electron chi connectivity index (χ2n) is 9.38. The molecule has 1 amide bonds. The normalized spacial score (nSPS) is 14.5. The van der Waals surface area contributed by atoms with E-state index >= 15 is 0 Å². The SMILES string of the molecule is CCCSc1nc2n(n1)C(c1ccc(OCc3ccc(Br)cc3)cc1)C(C(=O)Nc1ccc(C)cc1)=C(C)N2. The number of rotatable bonds is 9. The Labute approximate surface area is 241 Å². The minimum absolute atomic E-state index is 0.187. The lowest BCUT2D eigenvalue weighted by Crippen LogP contribution is -2.31. The lowest BCUT2D eigenvalue weighted by molar-refractivity contribution is -0.113. The van der Waals surface area contributed by atoms with Gasteiger partial charge in [-0.3, -0.25) is 4.79 Å². The molecule has 0 saturated heterocycles. The van der Waals surface area contributed by atoms with E-state index in [9.17, 15) is 4.79 Å². The number of carbonyl (C=O) groups is 1. The number of nitrogens with zero attached hydrogens (tertiary/aromatic N) is 3. The number of fused-ring (bicyclic) bond motifs is 1. The summed E-state index contributed by atoms with van der Waals surface area (Å²) < 4.78 is 8.87. The molecule has 1 atom stereocenters. The number of halogens is 1. The molecule has 0 radical (unpaired) electrons. The molecular weight excluding hydrogens is 574 g/mol. The van der Waals surface area contributed by atoms with Crippen LogP contribution in [-0.2, 0) is 11.4 Å². The fourth-order valence-corrected chi connectivity index (χ4v) is 5.26. The molecule has 0 saturated carbocycles. The van der Waals surface area contributed by atoms with Crippen LogP contribution in [0.1, 0.15) is 43.0 Å². The number of amides is 1. The van der Waals surface area contributed by atoms with Gasteiger partial charge < -0.3 is 15.4 Å². The first-order chi connectivity index (χ1) is 18.9. The summed E-state index contributed by atoms with van der Waals surface area (Å²) in [7, 11) is 0. The third-order valence-corrected chi connectivity index (χ3v) is 7.91. The summed E-state index contributed by atoms with van der Waals surface area (Å²) in [5.74, 6) is 2.11. The summed E-state index contributed by atoms with van der Waals surface area (Å²) in [4.78, 5) is 18.4. The summed E-state index contributed by atoms with van der Waals surface area (Å²) in [6, 6.07) is 23.2. The molecular formula is C30H30BrN5O2S. The number of allylic oxidation sites excluding steroid dienone is 1. The molecule has 200 valence electrons. The van der Waals surface area contributed by atoms with Gasteiger partial charge in [-0.25, -0.2) is 4.68 Å². The van der Waals surface area contributed by atoms with E-state index in [1.54, 1.807) is 11.8 Å². The van der Waals surface area contributed by atoms with E-state index in [4.69, 9.17) is 14.8 Å². The Morgan fingerprint density at radius 2 is 1.77 bits per heavy atom. The first-order valence-electron chi connectivity index (χ1n) is 12.8. The number of benzene rings is 3. The third-order valence-electron chi connectivity index (χ3n) is 6.34. The van der Waals surface area contributed by atoms with Gasteiger partial charge in [0.2, 0.25) is 11.1 Å². The van der Waals surface area contributed by atoms with Gasteiger partial charge in [-0.2, -0.15) is 4.98 Å². The average Bonchev–Trinajstić information content (AvgIpc) is 3.34.